The molecule has 2 nitrogen and oxygen atoms in total. The maximum atomic E-state index is 6.09. The molecule has 0 spiro atoms. The maximum Gasteiger partial charge on any atom is 0.0196 e. The predicted octanol–water partition coefficient (Wildman–Crippen LogP) is 1.85. The molecule has 0 aromatic carbocycles. The Morgan fingerprint density at radius 1 is 1.38 bits per heavy atom. The van der Waals surface area contributed by atoms with Gasteiger partial charge in [0.2, 0.25) is 0 Å². The summed E-state index contributed by atoms with van der Waals surface area (Å²) in [6.07, 6.45) is 5.33. The molecular weight excluding hydrogens is 160 g/mol. The summed E-state index contributed by atoms with van der Waals surface area (Å²) in [4.78, 5) is 2.49. The zero-order chi connectivity index (χ0) is 9.68. The van der Waals surface area contributed by atoms with Crippen LogP contribution in [0, 0.1) is 5.92 Å². The number of nitrogens with two attached hydrogens (primary N) is 1. The van der Waals surface area contributed by atoms with E-state index in [2.05, 4.69) is 18.7 Å². The first-order valence-electron chi connectivity index (χ1n) is 5.75. The molecule has 1 fully saturated rings. The molecule has 1 saturated carbocycles. The molecule has 0 saturated heterocycles. The van der Waals surface area contributed by atoms with Crippen LogP contribution in [-0.4, -0.2) is 30.6 Å². The Morgan fingerprint density at radius 3 is 2.54 bits per heavy atom. The Kier molecular flexibility index (Phi) is 4.74. The summed E-state index contributed by atoms with van der Waals surface area (Å²) in [5.41, 5.74) is 6.09. The van der Waals surface area contributed by atoms with Gasteiger partial charge in [0.05, 0.1) is 0 Å². The van der Waals surface area contributed by atoms with E-state index in [9.17, 15) is 0 Å². The Labute approximate surface area is 82.5 Å². The van der Waals surface area contributed by atoms with Gasteiger partial charge in [-0.15, -0.1) is 0 Å². The quantitative estimate of drug-likeness (QED) is 0.654. The van der Waals surface area contributed by atoms with Gasteiger partial charge in [-0.2, -0.15) is 0 Å². The van der Waals surface area contributed by atoms with E-state index in [1.165, 1.54) is 32.2 Å². The van der Waals surface area contributed by atoms with E-state index in [-0.39, 0.29) is 0 Å². The second-order valence-electron chi connectivity index (χ2n) is 4.25. The van der Waals surface area contributed by atoms with Crippen molar-refractivity contribution in [3.05, 3.63) is 0 Å². The second kappa shape index (κ2) is 5.61. The average Bonchev–Trinajstić information content (AvgIpc) is 2.94. The molecule has 0 aliphatic heterocycles. The first-order chi connectivity index (χ1) is 6.27. The molecule has 0 aromatic heterocycles. The molecule has 0 amide bonds. The number of hydrogen-bond donors (Lipinski definition) is 1. The van der Waals surface area contributed by atoms with Crippen LogP contribution in [0.25, 0.3) is 0 Å². The van der Waals surface area contributed by atoms with Gasteiger partial charge in [-0.25, -0.2) is 0 Å². The van der Waals surface area contributed by atoms with E-state index in [0.29, 0.717) is 6.04 Å². The fourth-order valence-corrected chi connectivity index (χ4v) is 1.73. The van der Waals surface area contributed by atoms with Gasteiger partial charge in [-0.3, -0.25) is 0 Å². The van der Waals surface area contributed by atoms with Crippen LogP contribution in [0.5, 0.6) is 0 Å². The molecule has 0 aromatic rings. The highest BCUT2D eigenvalue weighted by Gasteiger charge is 2.29. The molecule has 78 valence electrons. The first-order valence-corrected chi connectivity index (χ1v) is 5.75. The number of likely N-dealkylation sites (N-methyl/N-ethyl adjacent to an activating group) is 1. The van der Waals surface area contributed by atoms with Gasteiger partial charge in [0.1, 0.15) is 0 Å². The van der Waals surface area contributed by atoms with Crippen LogP contribution in [0.15, 0.2) is 0 Å². The lowest BCUT2D eigenvalue weighted by Gasteiger charge is -2.23. The molecule has 2 N–H and O–H groups in total. The molecule has 1 aliphatic carbocycles. The molecule has 1 unspecified atom stereocenters. The smallest absolute Gasteiger partial charge is 0.0196 e. The van der Waals surface area contributed by atoms with E-state index in [1.807, 2.05) is 0 Å². The van der Waals surface area contributed by atoms with Crippen LogP contribution in [0.3, 0.4) is 0 Å². The number of rotatable bonds is 7. The lowest BCUT2D eigenvalue weighted by molar-refractivity contribution is 0.257. The van der Waals surface area contributed by atoms with E-state index in [4.69, 9.17) is 5.73 Å². The second-order valence-corrected chi connectivity index (χ2v) is 4.25. The van der Waals surface area contributed by atoms with Gasteiger partial charge < -0.3 is 10.6 Å². The summed E-state index contributed by atoms with van der Waals surface area (Å²) in [6.45, 7) is 7.97. The third-order valence-electron chi connectivity index (χ3n) is 2.97. The fraction of sp³-hybridized carbons (Fsp3) is 1.00. The van der Waals surface area contributed by atoms with Crippen LogP contribution < -0.4 is 5.73 Å². The fourth-order valence-electron chi connectivity index (χ4n) is 1.73. The summed E-state index contributed by atoms with van der Waals surface area (Å²) < 4.78 is 0. The molecule has 1 aliphatic rings. The van der Waals surface area contributed by atoms with E-state index >= 15 is 0 Å². The standard InChI is InChI=1S/C11H24N2/c1-3-5-8-13(4-2)9-11(12)10-6-7-10/h10-11H,3-9,12H2,1-2H3. The lowest BCUT2D eigenvalue weighted by atomic mass is 10.2. The van der Waals surface area contributed by atoms with Crippen molar-refractivity contribution in [2.24, 2.45) is 11.7 Å². The van der Waals surface area contributed by atoms with Crippen molar-refractivity contribution in [1.29, 1.82) is 0 Å². The highest BCUT2D eigenvalue weighted by atomic mass is 15.1. The van der Waals surface area contributed by atoms with Gasteiger partial charge >= 0.3 is 0 Å². The predicted molar refractivity (Wildman–Crippen MR) is 57.7 cm³/mol. The zero-order valence-electron chi connectivity index (χ0n) is 9.13. The van der Waals surface area contributed by atoms with Gasteiger partial charge in [-0.1, -0.05) is 20.3 Å². The summed E-state index contributed by atoms with van der Waals surface area (Å²) in [7, 11) is 0. The maximum absolute atomic E-state index is 6.09. The molecule has 1 atom stereocenters. The average molecular weight is 184 g/mol. The first kappa shape index (κ1) is 11.0. The minimum absolute atomic E-state index is 0.441. The van der Waals surface area contributed by atoms with Crippen molar-refractivity contribution in [3.63, 3.8) is 0 Å². The van der Waals surface area contributed by atoms with Crippen molar-refractivity contribution in [2.45, 2.75) is 45.6 Å². The van der Waals surface area contributed by atoms with Crippen molar-refractivity contribution < 1.29 is 0 Å². The molecule has 2 heteroatoms. The molecule has 0 heterocycles. The highest BCUT2D eigenvalue weighted by Crippen LogP contribution is 2.31. The number of hydrogen-bond acceptors (Lipinski definition) is 2. The van der Waals surface area contributed by atoms with Crippen LogP contribution in [0.4, 0.5) is 0 Å². The summed E-state index contributed by atoms with van der Waals surface area (Å²) in [5.74, 6) is 0.843. The normalized spacial score (nSPS) is 19.4. The molecule has 0 bridgehead atoms. The van der Waals surface area contributed by atoms with Crippen molar-refractivity contribution in [3.8, 4) is 0 Å². The van der Waals surface area contributed by atoms with E-state index in [1.54, 1.807) is 0 Å². The monoisotopic (exact) mass is 184 g/mol. The Hall–Kier alpha value is -0.0800. The zero-order valence-corrected chi connectivity index (χ0v) is 9.13. The third-order valence-corrected chi connectivity index (χ3v) is 2.97. The lowest BCUT2D eigenvalue weighted by Crippen LogP contribution is -2.39. The Morgan fingerprint density at radius 2 is 2.08 bits per heavy atom. The van der Waals surface area contributed by atoms with Gasteiger partial charge in [0.15, 0.2) is 0 Å². The van der Waals surface area contributed by atoms with Crippen molar-refractivity contribution in [1.82, 2.24) is 4.90 Å². The molecular formula is C11H24N2. The van der Waals surface area contributed by atoms with Crippen LogP contribution >= 0.6 is 0 Å². The largest absolute Gasteiger partial charge is 0.326 e. The summed E-state index contributed by atoms with van der Waals surface area (Å²) in [5, 5.41) is 0. The van der Waals surface area contributed by atoms with Crippen LogP contribution in [0.1, 0.15) is 39.5 Å². The van der Waals surface area contributed by atoms with Gasteiger partial charge in [0, 0.05) is 12.6 Å². The van der Waals surface area contributed by atoms with Crippen LogP contribution in [-0.2, 0) is 0 Å². The minimum atomic E-state index is 0.441. The Bertz CT molecular complexity index is 132. The highest BCUT2D eigenvalue weighted by molar-refractivity contribution is 4.85. The molecule has 13 heavy (non-hydrogen) atoms. The number of unbranched alkanes of at least 4 members (excludes halogenated alkanes) is 1. The third kappa shape index (κ3) is 4.10. The number of nitrogens with zero attached hydrogens (tertiary/aromatic N) is 1. The van der Waals surface area contributed by atoms with Gasteiger partial charge in [0.25, 0.3) is 0 Å². The topological polar surface area (TPSA) is 29.3 Å². The van der Waals surface area contributed by atoms with E-state index < -0.39 is 0 Å². The Balaban J connectivity index is 2.13. The molecule has 0 radical (unpaired) electrons. The van der Waals surface area contributed by atoms with Crippen molar-refractivity contribution >= 4 is 0 Å². The summed E-state index contributed by atoms with van der Waals surface area (Å²) >= 11 is 0. The van der Waals surface area contributed by atoms with Crippen LogP contribution in [0.2, 0.25) is 0 Å². The van der Waals surface area contributed by atoms with E-state index in [0.717, 1.165) is 19.0 Å². The minimum Gasteiger partial charge on any atom is -0.326 e. The molecule has 1 rings (SSSR count). The summed E-state index contributed by atoms with van der Waals surface area (Å²) in [6, 6.07) is 0.441. The SMILES string of the molecule is CCCCN(CC)CC(N)C1CC1. The van der Waals surface area contributed by atoms with Crippen molar-refractivity contribution in [2.75, 3.05) is 19.6 Å². The van der Waals surface area contributed by atoms with Gasteiger partial charge in [-0.05, 0) is 38.3 Å².